The van der Waals surface area contributed by atoms with Crippen LogP contribution in [0.1, 0.15) is 47.1 Å². The van der Waals surface area contributed by atoms with E-state index in [1.54, 1.807) is 0 Å². The largest absolute Gasteiger partial charge is 0.389 e. The predicted molar refractivity (Wildman–Crippen MR) is 94.9 cm³/mol. The maximum atomic E-state index is 10.0. The lowest BCUT2D eigenvalue weighted by Crippen LogP contribution is -2.38. The molecule has 0 aliphatic carbocycles. The van der Waals surface area contributed by atoms with Crippen molar-refractivity contribution < 1.29 is 5.11 Å². The molecule has 1 rings (SSSR count). The van der Waals surface area contributed by atoms with E-state index in [2.05, 4.69) is 72.0 Å². The molecule has 0 heterocycles. The number of nitrogens with zero attached hydrogens (tertiary/aromatic N) is 1. The quantitative estimate of drug-likeness (QED) is 0.810. The van der Waals surface area contributed by atoms with Gasteiger partial charge in [-0.25, -0.2) is 0 Å². The van der Waals surface area contributed by atoms with Gasteiger partial charge in [-0.3, -0.25) is 0 Å². The number of aliphatic hydroxyl groups is 1. The van der Waals surface area contributed by atoms with Gasteiger partial charge >= 0.3 is 0 Å². The van der Waals surface area contributed by atoms with Gasteiger partial charge in [0.05, 0.1) is 11.3 Å². The maximum Gasteiger partial charge on any atom is 0.0765 e. The summed E-state index contributed by atoms with van der Waals surface area (Å²) in [6.45, 7) is 14.6. The summed E-state index contributed by atoms with van der Waals surface area (Å²) in [6.07, 6.45) is 0. The Balaban J connectivity index is 2.86. The number of nitrogens with one attached hydrogen (secondary N) is 1. The van der Waals surface area contributed by atoms with Crippen molar-refractivity contribution in [2.24, 2.45) is 0 Å². The summed E-state index contributed by atoms with van der Waals surface area (Å²) in [4.78, 5) is 2.19. The van der Waals surface area contributed by atoms with E-state index in [4.69, 9.17) is 0 Å². The predicted octanol–water partition coefficient (Wildman–Crippen LogP) is 3.93. The minimum atomic E-state index is -0.706. The molecule has 0 amide bonds. The summed E-state index contributed by atoms with van der Waals surface area (Å²) in [5, 5.41) is 13.5. The van der Waals surface area contributed by atoms with Crippen LogP contribution in [0.4, 0.5) is 5.69 Å². The number of rotatable bonds is 6. The van der Waals surface area contributed by atoms with E-state index in [0.29, 0.717) is 6.54 Å². The molecular formula is C17H29BrN2O. The Labute approximate surface area is 137 Å². The molecule has 4 heteroatoms. The smallest absolute Gasteiger partial charge is 0.0765 e. The van der Waals surface area contributed by atoms with Gasteiger partial charge in [0.15, 0.2) is 0 Å². The Hall–Kier alpha value is -0.580. The zero-order chi connectivity index (χ0) is 16.3. The van der Waals surface area contributed by atoms with Crippen LogP contribution in [0.5, 0.6) is 0 Å². The first kappa shape index (κ1) is 18.5. The molecule has 0 aromatic heterocycles. The van der Waals surface area contributed by atoms with E-state index in [-0.39, 0.29) is 5.54 Å². The average molecular weight is 357 g/mol. The standard InChI is InChI=1S/C17H29BrN2O/c1-7-20(12-17(5,6)21)15-9-8-13(10-14(15)18)11-19-16(2,3)4/h8-10,19,21H,7,11-12H2,1-6H3. The van der Waals surface area contributed by atoms with Crippen LogP contribution in [0, 0.1) is 0 Å². The first-order chi connectivity index (χ1) is 9.52. The highest BCUT2D eigenvalue weighted by atomic mass is 79.9. The van der Waals surface area contributed by atoms with E-state index >= 15 is 0 Å². The molecule has 21 heavy (non-hydrogen) atoms. The summed E-state index contributed by atoms with van der Waals surface area (Å²) < 4.78 is 1.07. The van der Waals surface area contributed by atoms with Crippen LogP contribution in [-0.2, 0) is 6.54 Å². The molecule has 0 aliphatic heterocycles. The number of hydrogen-bond donors (Lipinski definition) is 2. The van der Waals surface area contributed by atoms with Crippen LogP contribution >= 0.6 is 15.9 Å². The molecule has 0 atom stereocenters. The molecule has 0 spiro atoms. The van der Waals surface area contributed by atoms with Gasteiger partial charge in [-0.2, -0.15) is 0 Å². The normalized spacial score (nSPS) is 12.6. The van der Waals surface area contributed by atoms with Crippen LogP contribution in [-0.4, -0.2) is 29.3 Å². The van der Waals surface area contributed by atoms with Crippen molar-refractivity contribution in [1.29, 1.82) is 0 Å². The fraction of sp³-hybridized carbons (Fsp3) is 0.647. The molecule has 0 bridgehead atoms. The lowest BCUT2D eigenvalue weighted by molar-refractivity contribution is 0.0875. The van der Waals surface area contributed by atoms with Crippen molar-refractivity contribution in [3.63, 3.8) is 0 Å². The average Bonchev–Trinajstić information content (AvgIpc) is 2.32. The summed E-state index contributed by atoms with van der Waals surface area (Å²) >= 11 is 3.67. The number of benzene rings is 1. The molecule has 0 radical (unpaired) electrons. The zero-order valence-corrected chi connectivity index (χ0v) is 15.7. The second kappa shape index (κ2) is 7.12. The van der Waals surface area contributed by atoms with E-state index < -0.39 is 5.60 Å². The van der Waals surface area contributed by atoms with Crippen LogP contribution in [0.2, 0.25) is 0 Å². The van der Waals surface area contributed by atoms with Gasteiger partial charge in [-0.1, -0.05) is 6.07 Å². The van der Waals surface area contributed by atoms with Gasteiger partial charge in [-0.05, 0) is 75.2 Å². The first-order valence-electron chi connectivity index (χ1n) is 7.52. The first-order valence-corrected chi connectivity index (χ1v) is 8.32. The van der Waals surface area contributed by atoms with E-state index in [1.165, 1.54) is 5.56 Å². The van der Waals surface area contributed by atoms with Crippen molar-refractivity contribution in [1.82, 2.24) is 5.32 Å². The Morgan fingerprint density at radius 2 is 1.81 bits per heavy atom. The minimum Gasteiger partial charge on any atom is -0.389 e. The third-order valence-corrected chi connectivity index (χ3v) is 3.77. The maximum absolute atomic E-state index is 10.0. The second-order valence-corrected chi connectivity index (χ2v) is 8.07. The van der Waals surface area contributed by atoms with Crippen LogP contribution in [0.25, 0.3) is 0 Å². The molecule has 120 valence electrons. The van der Waals surface area contributed by atoms with E-state index in [1.807, 2.05) is 13.8 Å². The van der Waals surface area contributed by atoms with Crippen molar-refractivity contribution in [2.75, 3.05) is 18.0 Å². The molecule has 1 aromatic rings. The highest BCUT2D eigenvalue weighted by Gasteiger charge is 2.19. The van der Waals surface area contributed by atoms with Crippen LogP contribution < -0.4 is 10.2 Å². The summed E-state index contributed by atoms with van der Waals surface area (Å²) in [5.74, 6) is 0. The van der Waals surface area contributed by atoms with Gasteiger partial charge in [-0.15, -0.1) is 0 Å². The third-order valence-electron chi connectivity index (χ3n) is 3.14. The van der Waals surface area contributed by atoms with E-state index in [9.17, 15) is 5.11 Å². The summed E-state index contributed by atoms with van der Waals surface area (Å²) in [7, 11) is 0. The van der Waals surface area contributed by atoms with Crippen molar-refractivity contribution in [2.45, 2.75) is 59.2 Å². The third kappa shape index (κ3) is 6.81. The fourth-order valence-electron chi connectivity index (χ4n) is 2.12. The van der Waals surface area contributed by atoms with Gasteiger partial charge in [0.2, 0.25) is 0 Å². The molecule has 3 nitrogen and oxygen atoms in total. The Morgan fingerprint density at radius 3 is 2.24 bits per heavy atom. The lowest BCUT2D eigenvalue weighted by Gasteiger charge is -2.31. The zero-order valence-electron chi connectivity index (χ0n) is 14.1. The van der Waals surface area contributed by atoms with Crippen molar-refractivity contribution in [3.8, 4) is 0 Å². The van der Waals surface area contributed by atoms with Gasteiger partial charge < -0.3 is 15.3 Å². The summed E-state index contributed by atoms with van der Waals surface area (Å²) in [5.41, 5.74) is 1.78. The Morgan fingerprint density at radius 1 is 1.19 bits per heavy atom. The minimum absolute atomic E-state index is 0.113. The second-order valence-electron chi connectivity index (χ2n) is 7.22. The highest BCUT2D eigenvalue weighted by molar-refractivity contribution is 9.10. The van der Waals surface area contributed by atoms with Crippen LogP contribution in [0.3, 0.4) is 0 Å². The molecule has 1 aromatic carbocycles. The monoisotopic (exact) mass is 356 g/mol. The Kier molecular flexibility index (Phi) is 6.26. The van der Waals surface area contributed by atoms with Gasteiger partial charge in [0, 0.05) is 29.6 Å². The van der Waals surface area contributed by atoms with E-state index in [0.717, 1.165) is 23.2 Å². The molecule has 0 aliphatic rings. The van der Waals surface area contributed by atoms with Crippen molar-refractivity contribution in [3.05, 3.63) is 28.2 Å². The molecule has 0 saturated heterocycles. The fourth-order valence-corrected chi connectivity index (χ4v) is 2.80. The molecule has 0 unspecified atom stereocenters. The van der Waals surface area contributed by atoms with Crippen molar-refractivity contribution >= 4 is 21.6 Å². The molecule has 0 fully saturated rings. The summed E-state index contributed by atoms with van der Waals surface area (Å²) in [6, 6.07) is 6.42. The number of likely N-dealkylation sites (N-methyl/N-ethyl adjacent to an activating group) is 1. The number of anilines is 1. The Bertz CT molecular complexity index is 461. The van der Waals surface area contributed by atoms with Crippen LogP contribution in [0.15, 0.2) is 22.7 Å². The lowest BCUT2D eigenvalue weighted by atomic mass is 10.1. The highest BCUT2D eigenvalue weighted by Crippen LogP contribution is 2.28. The van der Waals surface area contributed by atoms with Gasteiger partial charge in [0.1, 0.15) is 0 Å². The molecular weight excluding hydrogens is 328 g/mol. The molecule has 2 N–H and O–H groups in total. The van der Waals surface area contributed by atoms with Gasteiger partial charge in [0.25, 0.3) is 0 Å². The number of halogens is 1. The SMILES string of the molecule is CCN(CC(C)(C)O)c1ccc(CNC(C)(C)C)cc1Br. The number of hydrogen-bond acceptors (Lipinski definition) is 3. The topological polar surface area (TPSA) is 35.5 Å². The molecule has 0 saturated carbocycles.